The highest BCUT2D eigenvalue weighted by molar-refractivity contribution is 5.99. The second-order valence-corrected chi connectivity index (χ2v) is 27.9. The third-order valence-electron chi connectivity index (χ3n) is 17.1. The predicted octanol–water partition coefficient (Wildman–Crippen LogP) is -1.67. The summed E-state index contributed by atoms with van der Waals surface area (Å²) in [4.78, 5) is 173. The molecule has 0 aliphatic rings. The van der Waals surface area contributed by atoms with E-state index in [4.69, 9.17) is 45.9 Å². The van der Waals surface area contributed by atoms with Crippen molar-refractivity contribution in [2.24, 2.45) is 73.6 Å². The number of hydrogen-bond acceptors (Lipinski definition) is 18. The minimum absolute atomic E-state index is 0.0123. The maximum atomic E-state index is 15.1. The molecule has 106 heavy (non-hydrogen) atoms. The van der Waals surface area contributed by atoms with E-state index in [1.807, 2.05) is 41.5 Å². The van der Waals surface area contributed by atoms with Crippen LogP contribution in [0.2, 0.25) is 0 Å². The summed E-state index contributed by atoms with van der Waals surface area (Å²) in [5.74, 6) is -9.83. The van der Waals surface area contributed by atoms with Crippen molar-refractivity contribution in [1.82, 2.24) is 63.1 Å². The van der Waals surface area contributed by atoms with Gasteiger partial charge < -0.3 is 109 Å². The summed E-state index contributed by atoms with van der Waals surface area (Å²) < 4.78 is 0. The van der Waals surface area contributed by atoms with Gasteiger partial charge in [0.15, 0.2) is 11.9 Å². The Labute approximate surface area is 621 Å². The van der Waals surface area contributed by atoms with Crippen LogP contribution in [0.3, 0.4) is 0 Å². The number of amides is 10. The van der Waals surface area contributed by atoms with E-state index in [9.17, 15) is 53.1 Å². The molecule has 1 heterocycles. The molecule has 0 unspecified atom stereocenters. The zero-order valence-corrected chi connectivity index (χ0v) is 62.4. The van der Waals surface area contributed by atoms with Crippen LogP contribution in [-0.4, -0.2) is 191 Å². The first-order chi connectivity index (χ1) is 50.4. The van der Waals surface area contributed by atoms with Gasteiger partial charge in [-0.15, -0.1) is 0 Å². The van der Waals surface area contributed by atoms with Crippen LogP contribution in [0.25, 0.3) is 0 Å². The smallest absolute Gasteiger partial charge is 0.326 e. The van der Waals surface area contributed by atoms with Crippen LogP contribution >= 0.6 is 0 Å². The van der Waals surface area contributed by atoms with Gasteiger partial charge in [0.05, 0.1) is 12.4 Å². The summed E-state index contributed by atoms with van der Waals surface area (Å²) in [6, 6.07) is 3.11. The number of aromatic nitrogens is 2. The van der Waals surface area contributed by atoms with E-state index in [1.165, 1.54) is 12.5 Å². The number of benzene rings is 2. The molecule has 28 N–H and O–H groups in total. The number of H-pyrrole nitrogens is 1. The van der Waals surface area contributed by atoms with Crippen molar-refractivity contribution in [3.8, 4) is 0 Å². The lowest BCUT2D eigenvalue weighted by molar-refractivity contribution is -0.142. The minimum Gasteiger partial charge on any atom is -0.480 e. The molecule has 0 bridgehead atoms. The Bertz CT molecular complexity index is 3240. The molecule has 0 fully saturated rings. The highest BCUT2D eigenvalue weighted by Crippen LogP contribution is 2.16. The highest BCUT2D eigenvalue weighted by Gasteiger charge is 2.37. The van der Waals surface area contributed by atoms with Crippen LogP contribution in [0.4, 0.5) is 0 Å². The van der Waals surface area contributed by atoms with E-state index in [1.54, 1.807) is 60.7 Å². The van der Waals surface area contributed by atoms with Crippen LogP contribution in [0.1, 0.15) is 161 Å². The first-order valence-electron chi connectivity index (χ1n) is 36.7. The highest BCUT2D eigenvalue weighted by atomic mass is 16.4. The first kappa shape index (κ1) is 90.4. The third kappa shape index (κ3) is 36.3. The van der Waals surface area contributed by atoms with Crippen molar-refractivity contribution in [2.45, 2.75) is 230 Å². The molecule has 10 amide bonds. The van der Waals surface area contributed by atoms with Crippen LogP contribution < -0.4 is 99.0 Å². The molecule has 34 heteroatoms. The van der Waals surface area contributed by atoms with Crippen LogP contribution in [0.15, 0.2) is 83.2 Å². The van der Waals surface area contributed by atoms with Gasteiger partial charge in [-0.25, -0.2) is 9.78 Å². The summed E-state index contributed by atoms with van der Waals surface area (Å²) in [5.41, 5.74) is 47.5. The van der Waals surface area contributed by atoms with Crippen molar-refractivity contribution < 1.29 is 57.8 Å². The fourth-order valence-electron chi connectivity index (χ4n) is 11.5. The molecule has 1 aromatic heterocycles. The molecule has 34 nitrogen and oxygen atoms in total. The van der Waals surface area contributed by atoms with E-state index < -0.39 is 132 Å². The third-order valence-corrected chi connectivity index (χ3v) is 17.1. The van der Waals surface area contributed by atoms with Crippen molar-refractivity contribution >= 4 is 77.0 Å². The van der Waals surface area contributed by atoms with E-state index in [0.717, 1.165) is 0 Å². The van der Waals surface area contributed by atoms with Crippen molar-refractivity contribution in [1.29, 1.82) is 0 Å². The Kier molecular flexibility index (Phi) is 42.5. The van der Waals surface area contributed by atoms with Crippen molar-refractivity contribution in [2.75, 3.05) is 32.7 Å². The van der Waals surface area contributed by atoms with Gasteiger partial charge in [0.2, 0.25) is 59.1 Å². The molecular weight excluding hydrogens is 1360 g/mol. The second-order valence-electron chi connectivity index (χ2n) is 27.9. The Morgan fingerprint density at radius 1 is 0.387 bits per heavy atom. The van der Waals surface area contributed by atoms with Gasteiger partial charge in [0.1, 0.15) is 60.4 Å². The van der Waals surface area contributed by atoms with Gasteiger partial charge in [-0.3, -0.25) is 57.9 Å². The molecule has 0 radical (unpaired) electrons. The number of imidazole rings is 1. The molecule has 11 atom stereocenters. The molecule has 0 spiro atoms. The largest absolute Gasteiger partial charge is 0.480 e. The normalized spacial score (nSPS) is 14.3. The Morgan fingerprint density at radius 3 is 1.01 bits per heavy atom. The summed E-state index contributed by atoms with van der Waals surface area (Å²) in [6.07, 6.45) is 5.86. The van der Waals surface area contributed by atoms with E-state index in [0.29, 0.717) is 68.3 Å². The van der Waals surface area contributed by atoms with E-state index in [-0.39, 0.29) is 133 Å². The van der Waals surface area contributed by atoms with Crippen molar-refractivity contribution in [3.63, 3.8) is 0 Å². The monoisotopic (exact) mass is 1480 g/mol. The molecule has 0 saturated carbocycles. The number of carbonyl (C=O) groups is 11. The minimum atomic E-state index is -1.45. The molecule has 2 aromatic carbocycles. The zero-order chi connectivity index (χ0) is 78.7. The predicted molar refractivity (Wildman–Crippen MR) is 404 cm³/mol. The van der Waals surface area contributed by atoms with Crippen molar-refractivity contribution in [3.05, 3.63) is 90.0 Å². The molecular formula is C72H120N22O12. The van der Waals surface area contributed by atoms with Gasteiger partial charge in [0.25, 0.3) is 0 Å². The number of nitrogens with zero attached hydrogens (tertiary/aromatic N) is 3. The molecule has 3 aromatic rings. The quantitative estimate of drug-likeness (QED) is 0.0171. The fraction of sp³-hybridized carbons (Fsp3) is 0.611. The maximum absolute atomic E-state index is 15.1. The second kappa shape index (κ2) is 49.8. The molecule has 0 saturated heterocycles. The summed E-state index contributed by atoms with van der Waals surface area (Å²) >= 11 is 0. The molecule has 0 aliphatic carbocycles. The van der Waals surface area contributed by atoms with E-state index in [2.05, 4.69) is 73.1 Å². The van der Waals surface area contributed by atoms with Gasteiger partial charge in [-0.1, -0.05) is 102 Å². The lowest BCUT2D eigenvalue weighted by Gasteiger charge is -2.29. The molecule has 590 valence electrons. The van der Waals surface area contributed by atoms with Gasteiger partial charge in [0, 0.05) is 44.2 Å². The number of carboxylic acid groups (broad SMARTS) is 1. The lowest BCUT2D eigenvalue weighted by atomic mass is 9.99. The zero-order valence-electron chi connectivity index (χ0n) is 62.4. The number of unbranched alkanes of at least 4 members (excludes halogenated alkanes) is 3. The summed E-state index contributed by atoms with van der Waals surface area (Å²) in [5, 5.41) is 37.7. The average molecular weight is 1490 g/mol. The number of rotatable bonds is 53. The topological polar surface area (TPSA) is 590 Å². The van der Waals surface area contributed by atoms with E-state index >= 15 is 4.79 Å². The number of nitrogens with two attached hydrogens (primary N) is 8. The Balaban J connectivity index is 2.04. The SMILES string of the molecule is CC(C)C[C@H](NC(=O)[C@H](Cc1cnc[nH]1)NC(=O)[C@H](CCCCN)NC(=O)[C@H](Cc1ccccc1)NC(=O)[C@H](CCCN=C(N)N)NC(=O)[C@H](CCCCN)NC(=O)[C@H](CC(C)C)NC(=O)[C@H](CC(C)C)NC(=O)[C@@H](N)CCCN=C(N)N)C(=O)N[C@@H](Cc1ccccc1)C(=O)N[C@@H](CCCCN)C(=O)O. The van der Waals surface area contributed by atoms with Crippen LogP contribution in [0.5, 0.6) is 0 Å². The number of carboxylic acids is 1. The standard InChI is InChI=1S/C72H120N22O12/c1-43(2)35-54(89-60(95)49(76)25-19-33-82-71(77)78)65(100)90-55(36-44(3)4)64(99)86-50(26-13-16-30-73)61(96)85-52(29-20-34-83-72(79)80)63(98)92-57(38-46-21-9-7-10-22-46)67(102)87-51(27-14-17-31-74)62(97)94-59(40-48-41-81-42-84-48)69(104)91-56(37-45(5)6)66(101)93-58(39-47-23-11-8-12-24-47)68(103)88-53(70(105)106)28-15-18-32-75/h7-12,21-24,41-45,49-59H,13-20,25-40,73-76H2,1-6H3,(H,81,84)(H,85,96)(H,86,99)(H,87,102)(H,88,103)(H,89,95)(H,90,100)(H,91,104)(H,92,98)(H,93,101)(H,94,97)(H,105,106)(H4,77,78,82)(H4,79,80,83)/t49-,50-,51-,52-,53-,54-,55-,56-,57-,58-,59-/m0/s1. The number of carbonyl (C=O) groups excluding carboxylic acids is 10. The average Bonchev–Trinajstić information content (AvgIpc) is 0.885. The Hall–Kier alpha value is -9.80. The van der Waals surface area contributed by atoms with Crippen LogP contribution in [-0.2, 0) is 72.0 Å². The number of hydrogen-bond donors (Lipinski definition) is 20. The van der Waals surface area contributed by atoms with Crippen LogP contribution in [0, 0.1) is 17.8 Å². The number of aliphatic carboxylic acids is 1. The van der Waals surface area contributed by atoms with Gasteiger partial charge in [-0.05, 0) is 151 Å². The Morgan fingerprint density at radius 2 is 0.679 bits per heavy atom. The fourth-order valence-corrected chi connectivity index (χ4v) is 11.5. The van der Waals surface area contributed by atoms with Gasteiger partial charge in [-0.2, -0.15) is 0 Å². The number of guanidine groups is 2. The number of aliphatic imine (C=N–C) groups is 2. The maximum Gasteiger partial charge on any atom is 0.326 e. The van der Waals surface area contributed by atoms with Gasteiger partial charge >= 0.3 is 5.97 Å². The number of nitrogens with one attached hydrogen (secondary N) is 11. The molecule has 3 rings (SSSR count). The first-order valence-corrected chi connectivity index (χ1v) is 36.7. The lowest BCUT2D eigenvalue weighted by Crippen LogP contribution is -2.61. The molecule has 0 aliphatic heterocycles. The number of aromatic amines is 1. The summed E-state index contributed by atoms with van der Waals surface area (Å²) in [7, 11) is 0. The summed E-state index contributed by atoms with van der Waals surface area (Å²) in [6.45, 7) is 12.0.